The van der Waals surface area contributed by atoms with Crippen LogP contribution in [0.2, 0.25) is 0 Å². The van der Waals surface area contributed by atoms with Gasteiger partial charge in [0.2, 0.25) is 11.5 Å². The number of aromatic amines is 1. The minimum absolute atomic E-state index is 0.0588. The van der Waals surface area contributed by atoms with Gasteiger partial charge in [0.05, 0.1) is 13.1 Å². The topological polar surface area (TPSA) is 91.2 Å². The van der Waals surface area contributed by atoms with Gasteiger partial charge in [0, 0.05) is 10.9 Å². The molecule has 0 atom stereocenters. The smallest absolute Gasteiger partial charge is 0.294 e. The van der Waals surface area contributed by atoms with Crippen molar-refractivity contribution in [2.45, 2.75) is 39.8 Å². The molecule has 26 heavy (non-hydrogen) atoms. The van der Waals surface area contributed by atoms with Crippen LogP contribution < -0.4 is 10.9 Å². The Morgan fingerprint density at radius 1 is 1.31 bits per heavy atom. The molecule has 2 heterocycles. The first kappa shape index (κ1) is 18.1. The van der Waals surface area contributed by atoms with E-state index in [-0.39, 0.29) is 29.1 Å². The summed E-state index contributed by atoms with van der Waals surface area (Å²) in [5.74, 6) is 0.455. The van der Waals surface area contributed by atoms with E-state index in [1.807, 2.05) is 56.9 Å². The Hall–Kier alpha value is -2.67. The van der Waals surface area contributed by atoms with Gasteiger partial charge in [0.15, 0.2) is 0 Å². The molecule has 7 heteroatoms. The third-order valence-electron chi connectivity index (χ3n) is 3.98. The number of para-hydroxylation sites is 1. The van der Waals surface area contributed by atoms with Crippen LogP contribution in [0.25, 0.3) is 22.1 Å². The fourth-order valence-corrected chi connectivity index (χ4v) is 2.87. The minimum Gasteiger partial charge on any atom is -0.449 e. The maximum absolute atomic E-state index is 12.4. The normalized spacial score (nSPS) is 12.2. The second-order valence-electron chi connectivity index (χ2n) is 7.39. The highest BCUT2D eigenvalue weighted by Crippen LogP contribution is 2.24. The molecule has 2 N–H and O–H groups in total. The largest absolute Gasteiger partial charge is 0.449 e. The molecule has 0 bridgehead atoms. The van der Waals surface area contributed by atoms with Crippen molar-refractivity contribution in [3.05, 3.63) is 40.4 Å². The summed E-state index contributed by atoms with van der Waals surface area (Å²) in [6.07, 6.45) is 0. The fraction of sp³-hybridized carbons (Fsp3) is 0.421. The number of amides is 1. The third-order valence-corrected chi connectivity index (χ3v) is 3.98. The van der Waals surface area contributed by atoms with Crippen molar-refractivity contribution in [1.82, 2.24) is 20.2 Å². The van der Waals surface area contributed by atoms with Crippen molar-refractivity contribution in [2.75, 3.05) is 13.1 Å². The molecule has 3 aromatic rings. The van der Waals surface area contributed by atoms with E-state index in [1.165, 1.54) is 0 Å². The summed E-state index contributed by atoms with van der Waals surface area (Å²) in [5.41, 5.74) is 0.821. The predicted molar refractivity (Wildman–Crippen MR) is 101 cm³/mol. The summed E-state index contributed by atoms with van der Waals surface area (Å²) in [7, 11) is 0. The van der Waals surface area contributed by atoms with Crippen molar-refractivity contribution in [2.24, 2.45) is 0 Å². The number of fused-ring (bicyclic) bond motifs is 3. The van der Waals surface area contributed by atoms with Gasteiger partial charge in [0.1, 0.15) is 16.9 Å². The zero-order chi connectivity index (χ0) is 18.9. The van der Waals surface area contributed by atoms with Gasteiger partial charge >= 0.3 is 0 Å². The fourth-order valence-electron chi connectivity index (χ4n) is 2.87. The second-order valence-corrected chi connectivity index (χ2v) is 7.39. The molecule has 0 radical (unpaired) electrons. The van der Waals surface area contributed by atoms with Crippen molar-refractivity contribution in [3.8, 4) is 0 Å². The minimum atomic E-state index is -0.309. The number of hydrogen-bond donors (Lipinski definition) is 2. The number of nitrogens with zero attached hydrogens (tertiary/aromatic N) is 2. The van der Waals surface area contributed by atoms with E-state index in [1.54, 1.807) is 0 Å². The maximum Gasteiger partial charge on any atom is 0.294 e. The van der Waals surface area contributed by atoms with E-state index < -0.39 is 0 Å². The Morgan fingerprint density at radius 2 is 2.04 bits per heavy atom. The highest BCUT2D eigenvalue weighted by Gasteiger charge is 2.18. The Labute approximate surface area is 151 Å². The monoisotopic (exact) mass is 356 g/mol. The van der Waals surface area contributed by atoms with Gasteiger partial charge < -0.3 is 14.7 Å². The molecule has 0 unspecified atom stereocenters. The molecule has 1 amide bonds. The van der Waals surface area contributed by atoms with Crippen LogP contribution in [0.3, 0.4) is 0 Å². The number of benzene rings is 1. The maximum atomic E-state index is 12.4. The molecular formula is C19H24N4O3. The first-order valence-corrected chi connectivity index (χ1v) is 8.70. The first-order valence-electron chi connectivity index (χ1n) is 8.70. The number of furan rings is 1. The van der Waals surface area contributed by atoms with Crippen molar-refractivity contribution in [3.63, 3.8) is 0 Å². The quantitative estimate of drug-likeness (QED) is 0.732. The summed E-state index contributed by atoms with van der Waals surface area (Å²) in [6.45, 7) is 9.06. The van der Waals surface area contributed by atoms with Crippen LogP contribution in [0.5, 0.6) is 0 Å². The molecule has 0 saturated carbocycles. The average Bonchev–Trinajstić information content (AvgIpc) is 2.92. The molecule has 0 spiro atoms. The number of likely N-dealkylation sites (N-methyl/N-ethyl adjacent to an activating group) is 1. The lowest BCUT2D eigenvalue weighted by atomic mass is 10.1. The molecule has 138 valence electrons. The molecule has 0 aliphatic carbocycles. The Kier molecular flexibility index (Phi) is 4.82. The summed E-state index contributed by atoms with van der Waals surface area (Å²) in [5, 5.41) is 3.75. The van der Waals surface area contributed by atoms with Gasteiger partial charge in [-0.15, -0.1) is 0 Å². The summed E-state index contributed by atoms with van der Waals surface area (Å²) in [4.78, 5) is 33.8. The number of nitrogens with one attached hydrogen (secondary N) is 2. The van der Waals surface area contributed by atoms with Crippen molar-refractivity contribution >= 4 is 28.0 Å². The lowest BCUT2D eigenvalue weighted by molar-refractivity contribution is -0.123. The van der Waals surface area contributed by atoms with Gasteiger partial charge in [-0.05, 0) is 39.4 Å². The van der Waals surface area contributed by atoms with E-state index in [0.717, 1.165) is 5.39 Å². The van der Waals surface area contributed by atoms with Crippen LogP contribution in [0.4, 0.5) is 0 Å². The summed E-state index contributed by atoms with van der Waals surface area (Å²) >= 11 is 0. The Balaban J connectivity index is 1.86. The lowest BCUT2D eigenvalue weighted by Gasteiger charge is -2.24. The molecule has 0 fully saturated rings. The van der Waals surface area contributed by atoms with Gasteiger partial charge in [0.25, 0.3) is 5.56 Å². The predicted octanol–water partition coefficient (Wildman–Crippen LogP) is 2.41. The zero-order valence-electron chi connectivity index (χ0n) is 15.5. The molecule has 0 aliphatic rings. The SMILES string of the molecule is CCN(CC(=O)NC(C)(C)C)Cc1nc2c(oc3ccccc32)c(=O)[nH]1. The van der Waals surface area contributed by atoms with E-state index in [9.17, 15) is 9.59 Å². The third kappa shape index (κ3) is 3.94. The van der Waals surface area contributed by atoms with Crippen LogP contribution in [0.15, 0.2) is 33.5 Å². The molecule has 7 nitrogen and oxygen atoms in total. The lowest BCUT2D eigenvalue weighted by Crippen LogP contribution is -2.45. The van der Waals surface area contributed by atoms with Crippen LogP contribution in [-0.4, -0.2) is 39.4 Å². The molecule has 0 aliphatic heterocycles. The molecule has 1 aromatic carbocycles. The Morgan fingerprint density at radius 3 is 2.73 bits per heavy atom. The van der Waals surface area contributed by atoms with E-state index in [2.05, 4.69) is 15.3 Å². The second kappa shape index (κ2) is 6.92. The van der Waals surface area contributed by atoms with Gasteiger partial charge in [-0.25, -0.2) is 4.98 Å². The highest BCUT2D eigenvalue weighted by atomic mass is 16.3. The molecule has 3 rings (SSSR count). The summed E-state index contributed by atoms with van der Waals surface area (Å²) < 4.78 is 5.60. The number of aromatic nitrogens is 2. The molecule has 0 saturated heterocycles. The van der Waals surface area contributed by atoms with Crippen molar-refractivity contribution in [1.29, 1.82) is 0 Å². The zero-order valence-corrected chi connectivity index (χ0v) is 15.5. The molecular weight excluding hydrogens is 332 g/mol. The average molecular weight is 356 g/mol. The number of hydrogen-bond acceptors (Lipinski definition) is 5. The van der Waals surface area contributed by atoms with Crippen molar-refractivity contribution < 1.29 is 9.21 Å². The van der Waals surface area contributed by atoms with E-state index in [0.29, 0.717) is 30.0 Å². The number of H-pyrrole nitrogens is 1. The van der Waals surface area contributed by atoms with E-state index >= 15 is 0 Å². The van der Waals surface area contributed by atoms with Crippen LogP contribution in [0, 0.1) is 0 Å². The Bertz CT molecular complexity index is 997. The van der Waals surface area contributed by atoms with Crippen LogP contribution in [-0.2, 0) is 11.3 Å². The first-order chi connectivity index (χ1) is 12.3. The number of rotatable bonds is 5. The van der Waals surface area contributed by atoms with Gasteiger partial charge in [-0.1, -0.05) is 19.1 Å². The highest BCUT2D eigenvalue weighted by molar-refractivity contribution is 6.01. The van der Waals surface area contributed by atoms with Crippen LogP contribution in [0.1, 0.15) is 33.5 Å². The summed E-state index contributed by atoms with van der Waals surface area (Å²) in [6, 6.07) is 7.43. The number of carbonyl (C=O) groups excluding carboxylic acids is 1. The molecule has 2 aromatic heterocycles. The standard InChI is InChI=1S/C19H24N4O3/c1-5-23(11-15(24)22-19(2,3)4)10-14-20-16-12-8-6-7-9-13(12)26-17(16)18(25)21-14/h6-9H,5,10-11H2,1-4H3,(H,22,24)(H,20,21,25). The number of carbonyl (C=O) groups is 1. The van der Waals surface area contributed by atoms with Crippen LogP contribution >= 0.6 is 0 Å². The van der Waals surface area contributed by atoms with E-state index in [4.69, 9.17) is 4.42 Å². The van der Waals surface area contributed by atoms with Gasteiger partial charge in [-0.2, -0.15) is 0 Å². The van der Waals surface area contributed by atoms with Gasteiger partial charge in [-0.3, -0.25) is 14.5 Å².